The second-order valence-corrected chi connectivity index (χ2v) is 6.97. The average Bonchev–Trinajstić information content (AvgIpc) is 3.02. The molecule has 2 saturated carbocycles. The normalized spacial score (nSPS) is 41.4. The molecule has 4 atom stereocenters. The van der Waals surface area contributed by atoms with E-state index < -0.39 is 0 Å². The molecular weight excluding hydrogens is 254 g/mol. The topological polar surface area (TPSA) is 39.7 Å². The molecule has 4 fully saturated rings. The summed E-state index contributed by atoms with van der Waals surface area (Å²) in [6.45, 7) is 4.60. The van der Waals surface area contributed by atoms with Crippen LogP contribution in [-0.4, -0.2) is 51.2 Å². The molecule has 4 heteroatoms. The van der Waals surface area contributed by atoms with Gasteiger partial charge in [0, 0.05) is 37.2 Å². The maximum absolute atomic E-state index is 5.96. The zero-order chi connectivity index (χ0) is 13.4. The number of nitrogens with one attached hydrogen (secondary N) is 1. The molecule has 1 N–H and O–H groups in total. The summed E-state index contributed by atoms with van der Waals surface area (Å²) in [5.41, 5.74) is 0.515. The van der Waals surface area contributed by atoms with Crippen LogP contribution in [-0.2, 0) is 14.2 Å². The Kier molecular flexibility index (Phi) is 3.75. The second-order valence-electron chi connectivity index (χ2n) is 6.97. The van der Waals surface area contributed by atoms with Crippen molar-refractivity contribution in [2.45, 2.75) is 56.8 Å². The van der Waals surface area contributed by atoms with Gasteiger partial charge in [0.1, 0.15) is 0 Å². The van der Waals surface area contributed by atoms with Gasteiger partial charge in [0.2, 0.25) is 0 Å². The van der Waals surface area contributed by atoms with Crippen LogP contribution in [0.2, 0.25) is 0 Å². The van der Waals surface area contributed by atoms with Crippen molar-refractivity contribution in [1.82, 2.24) is 5.32 Å². The molecule has 2 aliphatic heterocycles. The van der Waals surface area contributed by atoms with Crippen LogP contribution < -0.4 is 5.32 Å². The van der Waals surface area contributed by atoms with Crippen molar-refractivity contribution in [2.75, 3.05) is 33.0 Å². The molecule has 2 heterocycles. The lowest BCUT2D eigenvalue weighted by atomic mass is 9.46. The van der Waals surface area contributed by atoms with Crippen molar-refractivity contribution in [3.63, 3.8) is 0 Å². The van der Waals surface area contributed by atoms with E-state index in [4.69, 9.17) is 14.2 Å². The molecule has 0 aromatic carbocycles. The van der Waals surface area contributed by atoms with Crippen molar-refractivity contribution in [3.05, 3.63) is 0 Å². The van der Waals surface area contributed by atoms with Crippen molar-refractivity contribution < 1.29 is 14.2 Å². The van der Waals surface area contributed by atoms with Crippen molar-refractivity contribution >= 4 is 0 Å². The maximum Gasteiger partial charge on any atom is 0.0830 e. The maximum atomic E-state index is 5.96. The van der Waals surface area contributed by atoms with Crippen LogP contribution in [0.4, 0.5) is 0 Å². The van der Waals surface area contributed by atoms with E-state index in [2.05, 4.69) is 5.32 Å². The van der Waals surface area contributed by atoms with Gasteiger partial charge >= 0.3 is 0 Å². The Labute approximate surface area is 121 Å². The molecular formula is C16H27NO3. The molecule has 0 bridgehead atoms. The summed E-state index contributed by atoms with van der Waals surface area (Å²) in [7, 11) is 0. The van der Waals surface area contributed by atoms with Gasteiger partial charge in [-0.15, -0.1) is 0 Å². The molecule has 0 unspecified atom stereocenters. The first kappa shape index (κ1) is 13.5. The zero-order valence-corrected chi connectivity index (χ0v) is 12.3. The van der Waals surface area contributed by atoms with Gasteiger partial charge in [-0.05, 0) is 38.6 Å². The van der Waals surface area contributed by atoms with Gasteiger partial charge in [0.05, 0.1) is 18.8 Å². The van der Waals surface area contributed by atoms with E-state index in [1.807, 2.05) is 0 Å². The summed E-state index contributed by atoms with van der Waals surface area (Å²) >= 11 is 0. The predicted octanol–water partition coefficient (Wildman–Crippen LogP) is 1.73. The van der Waals surface area contributed by atoms with Crippen LogP contribution in [0, 0.1) is 11.3 Å². The molecule has 114 valence electrons. The summed E-state index contributed by atoms with van der Waals surface area (Å²) in [4.78, 5) is 0. The Morgan fingerprint density at radius 2 is 2.15 bits per heavy atom. The van der Waals surface area contributed by atoms with Gasteiger partial charge < -0.3 is 19.5 Å². The van der Waals surface area contributed by atoms with Crippen LogP contribution in [0.1, 0.15) is 38.5 Å². The molecule has 0 radical (unpaired) electrons. The van der Waals surface area contributed by atoms with E-state index in [1.54, 1.807) is 0 Å². The van der Waals surface area contributed by atoms with Gasteiger partial charge in [-0.3, -0.25) is 0 Å². The highest BCUT2D eigenvalue weighted by Gasteiger charge is 2.66. The van der Waals surface area contributed by atoms with E-state index in [1.165, 1.54) is 25.7 Å². The number of hydrogen-bond acceptors (Lipinski definition) is 4. The van der Waals surface area contributed by atoms with E-state index in [0.29, 0.717) is 17.6 Å². The number of fused-ring (bicyclic) bond motifs is 2. The Bertz CT molecular complexity index is 339. The van der Waals surface area contributed by atoms with Crippen LogP contribution in [0.5, 0.6) is 0 Å². The van der Waals surface area contributed by atoms with Crippen LogP contribution in [0.25, 0.3) is 0 Å². The van der Waals surface area contributed by atoms with Gasteiger partial charge in [-0.2, -0.15) is 0 Å². The van der Waals surface area contributed by atoms with Gasteiger partial charge in [-0.25, -0.2) is 0 Å². The van der Waals surface area contributed by atoms with Crippen LogP contribution in [0.15, 0.2) is 0 Å². The third-order valence-electron chi connectivity index (χ3n) is 5.96. The summed E-state index contributed by atoms with van der Waals surface area (Å²) in [6, 6.07) is 0.721. The van der Waals surface area contributed by atoms with Gasteiger partial charge in [0.15, 0.2) is 0 Å². The molecule has 20 heavy (non-hydrogen) atoms. The Hall–Kier alpha value is -0.160. The molecule has 4 aliphatic rings. The molecule has 4 rings (SSSR count). The highest BCUT2D eigenvalue weighted by molar-refractivity contribution is 5.18. The SMILES string of the molecule is C(CN[C@@H]1[C@H]2CCO[C@H]2C12CCC2)CO[C@H]1CCOC1. The first-order chi connectivity index (χ1) is 9.90. The highest BCUT2D eigenvalue weighted by Crippen LogP contribution is 2.62. The molecule has 2 saturated heterocycles. The van der Waals surface area contributed by atoms with E-state index in [9.17, 15) is 0 Å². The van der Waals surface area contributed by atoms with E-state index in [0.717, 1.165) is 57.8 Å². The third kappa shape index (κ3) is 2.12. The Balaban J connectivity index is 1.18. The molecule has 0 amide bonds. The lowest BCUT2D eigenvalue weighted by Crippen LogP contribution is -2.71. The smallest absolute Gasteiger partial charge is 0.0830 e. The fourth-order valence-corrected chi connectivity index (χ4v) is 4.78. The molecule has 0 aromatic rings. The molecule has 1 spiro atoms. The second kappa shape index (κ2) is 5.56. The largest absolute Gasteiger partial charge is 0.379 e. The molecule has 0 aromatic heterocycles. The minimum absolute atomic E-state index is 0.351. The quantitative estimate of drug-likeness (QED) is 0.753. The van der Waals surface area contributed by atoms with E-state index >= 15 is 0 Å². The highest BCUT2D eigenvalue weighted by atomic mass is 16.5. The van der Waals surface area contributed by atoms with Gasteiger partial charge in [-0.1, -0.05) is 6.42 Å². The standard InChI is InChI=1S/C16H27NO3/c1-5-16(6-1)14(13-4-10-20-15(13)16)17-7-2-8-19-12-3-9-18-11-12/h12-15,17H,1-11H2/t12-,13+,14+,15+/m0/s1. The molecule has 2 aliphatic carbocycles. The average molecular weight is 281 g/mol. The zero-order valence-electron chi connectivity index (χ0n) is 12.3. The minimum atomic E-state index is 0.351. The predicted molar refractivity (Wildman–Crippen MR) is 75.7 cm³/mol. The van der Waals surface area contributed by atoms with Gasteiger partial charge in [0.25, 0.3) is 0 Å². The third-order valence-corrected chi connectivity index (χ3v) is 5.96. The number of rotatable bonds is 6. The van der Waals surface area contributed by atoms with Crippen molar-refractivity contribution in [1.29, 1.82) is 0 Å². The fourth-order valence-electron chi connectivity index (χ4n) is 4.78. The lowest BCUT2D eigenvalue weighted by molar-refractivity contribution is -0.176. The number of hydrogen-bond donors (Lipinski definition) is 1. The minimum Gasteiger partial charge on any atom is -0.379 e. The first-order valence-electron chi connectivity index (χ1n) is 8.44. The van der Waals surface area contributed by atoms with Crippen LogP contribution in [0.3, 0.4) is 0 Å². The van der Waals surface area contributed by atoms with Crippen molar-refractivity contribution in [3.8, 4) is 0 Å². The monoisotopic (exact) mass is 281 g/mol. The molecule has 4 nitrogen and oxygen atoms in total. The number of ether oxygens (including phenoxy) is 3. The van der Waals surface area contributed by atoms with E-state index in [-0.39, 0.29) is 0 Å². The summed E-state index contributed by atoms with van der Waals surface area (Å²) in [6.07, 6.45) is 8.53. The Morgan fingerprint density at radius 3 is 2.90 bits per heavy atom. The van der Waals surface area contributed by atoms with Crippen LogP contribution >= 0.6 is 0 Å². The Morgan fingerprint density at radius 1 is 1.20 bits per heavy atom. The summed E-state index contributed by atoms with van der Waals surface area (Å²) < 4.78 is 17.1. The summed E-state index contributed by atoms with van der Waals surface area (Å²) in [5, 5.41) is 3.82. The van der Waals surface area contributed by atoms with Crippen molar-refractivity contribution in [2.24, 2.45) is 11.3 Å². The fraction of sp³-hybridized carbons (Fsp3) is 1.00. The summed E-state index contributed by atoms with van der Waals surface area (Å²) in [5.74, 6) is 0.791. The lowest BCUT2D eigenvalue weighted by Gasteiger charge is -2.63. The first-order valence-corrected chi connectivity index (χ1v) is 8.44.